The summed E-state index contributed by atoms with van der Waals surface area (Å²) < 4.78 is 4.96. The lowest BCUT2D eigenvalue weighted by Gasteiger charge is -2.31. The molecule has 0 aromatic heterocycles. The van der Waals surface area contributed by atoms with Gasteiger partial charge in [-0.1, -0.05) is 43.9 Å². The molecule has 0 atom stereocenters. The molecule has 1 aromatic carbocycles. The van der Waals surface area contributed by atoms with Crippen molar-refractivity contribution in [3.05, 3.63) is 29.8 Å². The number of hydrogen-bond acceptors (Lipinski definition) is 4. The Morgan fingerprint density at radius 1 is 1.17 bits per heavy atom. The SMILES string of the molecule is COC(=O)C1(NC(=O)CCc2ccccc2N)CCCCCC1. The topological polar surface area (TPSA) is 81.4 Å². The summed E-state index contributed by atoms with van der Waals surface area (Å²) in [4.78, 5) is 24.6. The Hall–Kier alpha value is -2.04. The molecule has 1 fully saturated rings. The van der Waals surface area contributed by atoms with Gasteiger partial charge in [-0.2, -0.15) is 0 Å². The smallest absolute Gasteiger partial charge is 0.331 e. The first-order valence-electron chi connectivity index (χ1n) is 8.30. The van der Waals surface area contributed by atoms with Gasteiger partial charge in [0.05, 0.1) is 7.11 Å². The molecule has 1 aliphatic rings. The van der Waals surface area contributed by atoms with E-state index in [2.05, 4.69) is 5.32 Å². The number of aryl methyl sites for hydroxylation is 1. The maximum Gasteiger partial charge on any atom is 0.331 e. The van der Waals surface area contributed by atoms with Crippen molar-refractivity contribution >= 4 is 17.6 Å². The number of ether oxygens (including phenoxy) is 1. The van der Waals surface area contributed by atoms with Crippen LogP contribution in [0.2, 0.25) is 0 Å². The minimum absolute atomic E-state index is 0.124. The highest BCUT2D eigenvalue weighted by molar-refractivity contribution is 5.88. The van der Waals surface area contributed by atoms with Crippen molar-refractivity contribution in [2.24, 2.45) is 0 Å². The Morgan fingerprint density at radius 2 is 1.83 bits per heavy atom. The van der Waals surface area contributed by atoms with Crippen molar-refractivity contribution in [1.82, 2.24) is 5.32 Å². The number of esters is 1. The number of methoxy groups -OCH3 is 1. The molecule has 0 radical (unpaired) electrons. The molecule has 5 heteroatoms. The number of hydrogen-bond donors (Lipinski definition) is 2. The van der Waals surface area contributed by atoms with Crippen LogP contribution in [0.3, 0.4) is 0 Å². The van der Waals surface area contributed by atoms with Gasteiger partial charge in [-0.25, -0.2) is 4.79 Å². The van der Waals surface area contributed by atoms with Crippen LogP contribution >= 0.6 is 0 Å². The van der Waals surface area contributed by atoms with E-state index in [-0.39, 0.29) is 11.9 Å². The lowest BCUT2D eigenvalue weighted by molar-refractivity contribution is -0.151. The molecule has 5 nitrogen and oxygen atoms in total. The van der Waals surface area contributed by atoms with Crippen molar-refractivity contribution in [3.8, 4) is 0 Å². The Morgan fingerprint density at radius 3 is 2.43 bits per heavy atom. The van der Waals surface area contributed by atoms with Gasteiger partial charge in [-0.3, -0.25) is 4.79 Å². The van der Waals surface area contributed by atoms with Gasteiger partial charge in [-0.05, 0) is 30.9 Å². The Kier molecular flexibility index (Phi) is 6.02. The van der Waals surface area contributed by atoms with E-state index in [1.54, 1.807) is 0 Å². The van der Waals surface area contributed by atoms with Gasteiger partial charge in [-0.15, -0.1) is 0 Å². The summed E-state index contributed by atoms with van der Waals surface area (Å²) in [6.45, 7) is 0. The molecule has 1 aliphatic carbocycles. The quantitative estimate of drug-likeness (QED) is 0.497. The molecule has 3 N–H and O–H groups in total. The number of nitrogens with two attached hydrogens (primary N) is 1. The number of amides is 1. The van der Waals surface area contributed by atoms with Gasteiger partial charge in [0.15, 0.2) is 0 Å². The molecular weight excluding hydrogens is 292 g/mol. The Labute approximate surface area is 137 Å². The predicted molar refractivity (Wildman–Crippen MR) is 89.8 cm³/mol. The zero-order valence-corrected chi connectivity index (χ0v) is 13.8. The van der Waals surface area contributed by atoms with Gasteiger partial charge in [0.25, 0.3) is 0 Å². The van der Waals surface area contributed by atoms with Crippen molar-refractivity contribution in [3.63, 3.8) is 0 Å². The van der Waals surface area contributed by atoms with Gasteiger partial charge >= 0.3 is 5.97 Å². The van der Waals surface area contributed by atoms with Crippen molar-refractivity contribution in [1.29, 1.82) is 0 Å². The third kappa shape index (κ3) is 4.47. The summed E-state index contributed by atoms with van der Waals surface area (Å²) >= 11 is 0. The number of para-hydroxylation sites is 1. The van der Waals surface area contributed by atoms with Gasteiger partial charge < -0.3 is 15.8 Å². The maximum absolute atomic E-state index is 12.4. The average molecular weight is 318 g/mol. The number of carbonyl (C=O) groups is 2. The molecule has 1 aromatic rings. The van der Waals surface area contributed by atoms with Crippen LogP contribution in [0, 0.1) is 0 Å². The van der Waals surface area contributed by atoms with Crippen LogP contribution in [-0.2, 0) is 20.7 Å². The molecule has 0 heterocycles. The molecule has 23 heavy (non-hydrogen) atoms. The molecule has 0 bridgehead atoms. The third-order valence-electron chi connectivity index (χ3n) is 4.59. The second kappa shape index (κ2) is 7.99. The fourth-order valence-corrected chi connectivity index (χ4v) is 3.25. The average Bonchev–Trinajstić information content (AvgIpc) is 2.80. The van der Waals surface area contributed by atoms with E-state index in [1.807, 2.05) is 24.3 Å². The summed E-state index contributed by atoms with van der Waals surface area (Å²) in [7, 11) is 1.38. The fourth-order valence-electron chi connectivity index (χ4n) is 3.25. The Bertz CT molecular complexity index is 549. The van der Waals surface area contributed by atoms with Crippen LogP contribution < -0.4 is 11.1 Å². The van der Waals surface area contributed by atoms with Crippen LogP contribution in [0.5, 0.6) is 0 Å². The van der Waals surface area contributed by atoms with Crippen LogP contribution in [0.25, 0.3) is 0 Å². The van der Waals surface area contributed by atoms with E-state index in [1.165, 1.54) is 7.11 Å². The standard InChI is InChI=1S/C18H26N2O3/c1-23-17(22)18(12-6-2-3-7-13-18)20-16(21)11-10-14-8-4-5-9-15(14)19/h4-5,8-9H,2-3,6-7,10-13,19H2,1H3,(H,20,21). The maximum atomic E-state index is 12.4. The number of carbonyl (C=O) groups excluding carboxylic acids is 2. The second-order valence-electron chi connectivity index (χ2n) is 6.23. The summed E-state index contributed by atoms with van der Waals surface area (Å²) in [5, 5.41) is 2.96. The summed E-state index contributed by atoms with van der Waals surface area (Å²) in [6.07, 6.45) is 6.23. The monoisotopic (exact) mass is 318 g/mol. The second-order valence-corrected chi connectivity index (χ2v) is 6.23. The fraction of sp³-hybridized carbons (Fsp3) is 0.556. The molecule has 2 rings (SSSR count). The molecule has 0 aliphatic heterocycles. The lowest BCUT2D eigenvalue weighted by atomic mass is 9.89. The van der Waals surface area contributed by atoms with Crippen molar-refractivity contribution < 1.29 is 14.3 Å². The number of nitrogen functional groups attached to an aromatic ring is 1. The molecule has 1 saturated carbocycles. The first kappa shape index (κ1) is 17.3. The zero-order chi connectivity index (χ0) is 16.7. The number of rotatable bonds is 5. The van der Waals surface area contributed by atoms with Crippen LogP contribution in [0.1, 0.15) is 50.5 Å². The van der Waals surface area contributed by atoms with Gasteiger partial charge in [0.2, 0.25) is 5.91 Å². The molecular formula is C18H26N2O3. The first-order valence-corrected chi connectivity index (χ1v) is 8.30. The van der Waals surface area contributed by atoms with Gasteiger partial charge in [0, 0.05) is 12.1 Å². The van der Waals surface area contributed by atoms with E-state index in [4.69, 9.17) is 10.5 Å². The number of anilines is 1. The molecule has 0 unspecified atom stereocenters. The lowest BCUT2D eigenvalue weighted by Crippen LogP contribution is -2.54. The molecule has 1 amide bonds. The Balaban J connectivity index is 2.00. The molecule has 0 spiro atoms. The highest BCUT2D eigenvalue weighted by Crippen LogP contribution is 2.28. The summed E-state index contributed by atoms with van der Waals surface area (Å²) in [5.74, 6) is -0.451. The van der Waals surface area contributed by atoms with E-state index >= 15 is 0 Å². The highest BCUT2D eigenvalue weighted by atomic mass is 16.5. The van der Waals surface area contributed by atoms with E-state index < -0.39 is 5.54 Å². The largest absolute Gasteiger partial charge is 0.467 e. The molecule has 0 saturated heterocycles. The normalized spacial score (nSPS) is 17.1. The predicted octanol–water partition coefficient (Wildman–Crippen LogP) is 2.58. The highest BCUT2D eigenvalue weighted by Gasteiger charge is 2.40. The van der Waals surface area contributed by atoms with Crippen molar-refractivity contribution in [2.45, 2.75) is 56.9 Å². The minimum atomic E-state index is -0.857. The van der Waals surface area contributed by atoms with E-state index in [0.717, 1.165) is 31.2 Å². The zero-order valence-electron chi connectivity index (χ0n) is 13.8. The third-order valence-corrected chi connectivity index (χ3v) is 4.59. The van der Waals surface area contributed by atoms with E-state index in [0.29, 0.717) is 31.4 Å². The van der Waals surface area contributed by atoms with Gasteiger partial charge in [0.1, 0.15) is 5.54 Å². The van der Waals surface area contributed by atoms with Crippen LogP contribution in [-0.4, -0.2) is 24.5 Å². The molecule has 126 valence electrons. The van der Waals surface area contributed by atoms with E-state index in [9.17, 15) is 9.59 Å². The summed E-state index contributed by atoms with van der Waals surface area (Å²) in [6, 6.07) is 7.53. The minimum Gasteiger partial charge on any atom is -0.467 e. The first-order chi connectivity index (χ1) is 11.1. The van der Waals surface area contributed by atoms with Crippen LogP contribution in [0.4, 0.5) is 5.69 Å². The van der Waals surface area contributed by atoms with Crippen LogP contribution in [0.15, 0.2) is 24.3 Å². The summed E-state index contributed by atoms with van der Waals surface area (Å²) in [5.41, 5.74) is 6.69. The van der Waals surface area contributed by atoms with Crippen molar-refractivity contribution in [2.75, 3.05) is 12.8 Å². The number of nitrogens with one attached hydrogen (secondary N) is 1. The number of benzene rings is 1.